The number of esters is 3. The molecule has 3 aromatic rings. The van der Waals surface area contributed by atoms with Gasteiger partial charge in [0, 0.05) is 11.3 Å². The Balaban J connectivity index is 1.94. The van der Waals surface area contributed by atoms with Gasteiger partial charge in [-0.3, -0.25) is 4.79 Å². The monoisotopic (exact) mass is 462 g/mol. The molecule has 3 heterocycles. The van der Waals surface area contributed by atoms with Gasteiger partial charge in [0.05, 0.1) is 19.6 Å². The number of para-hydroxylation sites is 2. The molecule has 1 aromatic heterocycles. The smallest absolute Gasteiger partial charge is 0.345 e. The Morgan fingerprint density at radius 2 is 1.74 bits per heavy atom. The lowest BCUT2D eigenvalue weighted by molar-refractivity contribution is -0.142. The third-order valence-corrected chi connectivity index (χ3v) is 6.07. The molecular weight excluding hydrogens is 444 g/mol. The van der Waals surface area contributed by atoms with Gasteiger partial charge in [0.2, 0.25) is 0 Å². The fourth-order valence-corrected chi connectivity index (χ4v) is 4.64. The summed E-state index contributed by atoms with van der Waals surface area (Å²) in [5.41, 5.74) is 3.66. The lowest BCUT2D eigenvalue weighted by Crippen LogP contribution is -2.51. The van der Waals surface area contributed by atoms with Crippen LogP contribution in [-0.4, -0.2) is 38.7 Å². The Bertz CT molecular complexity index is 1490. The van der Waals surface area contributed by atoms with Crippen LogP contribution in [0.1, 0.15) is 11.1 Å². The highest BCUT2D eigenvalue weighted by Crippen LogP contribution is 2.55. The van der Waals surface area contributed by atoms with Crippen molar-refractivity contribution in [2.45, 2.75) is 5.41 Å². The summed E-state index contributed by atoms with van der Waals surface area (Å²) in [6.07, 6.45) is 0. The van der Waals surface area contributed by atoms with Crippen LogP contribution in [0.4, 0.5) is 5.69 Å². The van der Waals surface area contributed by atoms with Crippen LogP contribution in [0, 0.1) is 0 Å². The van der Waals surface area contributed by atoms with Crippen LogP contribution in [0.3, 0.4) is 0 Å². The summed E-state index contributed by atoms with van der Waals surface area (Å²) in [4.78, 5) is 53.6. The number of hydrogen-bond acceptors (Lipinski definition) is 10. The van der Waals surface area contributed by atoms with Gasteiger partial charge in [0.1, 0.15) is 29.1 Å². The summed E-state index contributed by atoms with van der Waals surface area (Å²) < 4.78 is 20.9. The van der Waals surface area contributed by atoms with E-state index in [-0.39, 0.29) is 40.4 Å². The molecule has 0 radical (unpaired) electrons. The molecular formula is C24H18N2O8. The molecule has 1 spiro atoms. The van der Waals surface area contributed by atoms with Crippen molar-refractivity contribution in [2.24, 2.45) is 5.73 Å². The Morgan fingerprint density at radius 1 is 1.03 bits per heavy atom. The van der Waals surface area contributed by atoms with Crippen LogP contribution >= 0.6 is 0 Å². The number of rotatable bonds is 3. The van der Waals surface area contributed by atoms with E-state index in [0.717, 1.165) is 7.11 Å². The zero-order valence-electron chi connectivity index (χ0n) is 18.1. The zero-order chi connectivity index (χ0) is 24.2. The number of anilines is 1. The molecule has 0 saturated carbocycles. The predicted octanol–water partition coefficient (Wildman–Crippen LogP) is 1.33. The molecule has 2 aliphatic heterocycles. The van der Waals surface area contributed by atoms with Crippen LogP contribution in [0.2, 0.25) is 0 Å². The molecule has 2 N–H and O–H groups in total. The molecule has 2 aromatic carbocycles. The van der Waals surface area contributed by atoms with Gasteiger partial charge in [-0.2, -0.15) is 0 Å². The number of carbonyl (C=O) groups is 3. The standard InChI is InChI=1S/C24H18N2O8/c1-31-16(27)11-26-14-9-5-4-8-13(14)24(18(20(26)25)21(28)32-2)17-19(34-23(24)30)12-7-3-6-10-15(12)33-22(17)29/h3-10H,11,25H2,1-2H3. The zero-order valence-corrected chi connectivity index (χ0v) is 18.1. The first kappa shape index (κ1) is 21.3. The third kappa shape index (κ3) is 2.62. The maximum absolute atomic E-state index is 13.7. The minimum Gasteiger partial charge on any atom is -0.468 e. The fraction of sp³-hybridized carbons (Fsp3) is 0.167. The van der Waals surface area contributed by atoms with E-state index in [4.69, 9.17) is 24.4 Å². The largest absolute Gasteiger partial charge is 0.468 e. The summed E-state index contributed by atoms with van der Waals surface area (Å²) in [5, 5.41) is 0.375. The van der Waals surface area contributed by atoms with Crippen molar-refractivity contribution in [3.8, 4) is 5.75 Å². The molecule has 5 rings (SSSR count). The van der Waals surface area contributed by atoms with E-state index < -0.39 is 28.9 Å². The number of methoxy groups -OCH3 is 2. The van der Waals surface area contributed by atoms with Gasteiger partial charge in [-0.1, -0.05) is 30.3 Å². The molecule has 0 amide bonds. The Hall–Kier alpha value is -4.60. The second-order valence-corrected chi connectivity index (χ2v) is 7.66. The molecule has 1 atom stereocenters. The van der Waals surface area contributed by atoms with Gasteiger partial charge >= 0.3 is 23.5 Å². The maximum atomic E-state index is 13.7. The highest BCUT2D eigenvalue weighted by molar-refractivity contribution is 6.12. The Morgan fingerprint density at radius 3 is 2.47 bits per heavy atom. The SMILES string of the molecule is COC(=O)CN1C(N)=C(C(=O)OC)C2(C(=O)Oc3c2c(=O)oc2ccccc32)c2ccccc21. The van der Waals surface area contributed by atoms with E-state index in [1.54, 1.807) is 48.5 Å². The van der Waals surface area contributed by atoms with Crippen molar-refractivity contribution < 1.29 is 33.0 Å². The predicted molar refractivity (Wildman–Crippen MR) is 118 cm³/mol. The number of ether oxygens (including phenoxy) is 3. The lowest BCUT2D eigenvalue weighted by atomic mass is 9.67. The number of carbonyl (C=O) groups excluding carboxylic acids is 3. The molecule has 0 fully saturated rings. The van der Waals surface area contributed by atoms with Crippen LogP contribution in [0.25, 0.3) is 11.0 Å². The number of benzene rings is 2. The van der Waals surface area contributed by atoms with Gasteiger partial charge in [0.25, 0.3) is 0 Å². The Kier molecular flexibility index (Phi) is 4.67. The minimum absolute atomic E-state index is 0.0257. The van der Waals surface area contributed by atoms with E-state index in [2.05, 4.69) is 0 Å². The number of nitrogens with zero attached hydrogens (tertiary/aromatic N) is 1. The van der Waals surface area contributed by atoms with Gasteiger partial charge in [0.15, 0.2) is 11.2 Å². The Labute approximate surface area is 192 Å². The summed E-state index contributed by atoms with van der Waals surface area (Å²) in [7, 11) is 2.33. The first-order chi connectivity index (χ1) is 16.4. The van der Waals surface area contributed by atoms with Crippen LogP contribution < -0.4 is 21.0 Å². The van der Waals surface area contributed by atoms with Crippen molar-refractivity contribution in [2.75, 3.05) is 25.7 Å². The first-order valence-corrected chi connectivity index (χ1v) is 10.2. The van der Waals surface area contributed by atoms with Gasteiger partial charge in [-0.15, -0.1) is 0 Å². The second kappa shape index (κ2) is 7.48. The van der Waals surface area contributed by atoms with Crippen molar-refractivity contribution in [1.29, 1.82) is 0 Å². The average Bonchev–Trinajstić information content (AvgIpc) is 3.15. The van der Waals surface area contributed by atoms with E-state index >= 15 is 0 Å². The van der Waals surface area contributed by atoms with Crippen molar-refractivity contribution >= 4 is 34.6 Å². The van der Waals surface area contributed by atoms with Gasteiger partial charge in [-0.25, -0.2) is 14.4 Å². The molecule has 10 heteroatoms. The van der Waals surface area contributed by atoms with Crippen LogP contribution in [0.5, 0.6) is 5.75 Å². The molecule has 2 aliphatic rings. The van der Waals surface area contributed by atoms with E-state index in [9.17, 15) is 19.2 Å². The highest BCUT2D eigenvalue weighted by Gasteiger charge is 2.63. The fourth-order valence-electron chi connectivity index (χ4n) is 4.64. The van der Waals surface area contributed by atoms with E-state index in [0.29, 0.717) is 11.1 Å². The van der Waals surface area contributed by atoms with E-state index in [1.807, 2.05) is 0 Å². The highest BCUT2D eigenvalue weighted by atomic mass is 16.6. The van der Waals surface area contributed by atoms with Crippen LogP contribution in [-0.2, 0) is 29.3 Å². The van der Waals surface area contributed by atoms with Crippen LogP contribution in [0.15, 0.2) is 69.1 Å². The maximum Gasteiger partial charge on any atom is 0.345 e. The summed E-state index contributed by atoms with van der Waals surface area (Å²) in [6, 6.07) is 13.0. The second-order valence-electron chi connectivity index (χ2n) is 7.66. The molecule has 10 nitrogen and oxygen atoms in total. The van der Waals surface area contributed by atoms with Crippen molar-refractivity contribution in [1.82, 2.24) is 0 Å². The van der Waals surface area contributed by atoms with Gasteiger partial charge in [-0.05, 0) is 18.2 Å². The number of hydrogen-bond donors (Lipinski definition) is 1. The molecule has 0 aliphatic carbocycles. The van der Waals surface area contributed by atoms with Crippen molar-refractivity contribution in [3.63, 3.8) is 0 Å². The summed E-state index contributed by atoms with van der Waals surface area (Å²) >= 11 is 0. The molecule has 0 bridgehead atoms. The molecule has 172 valence electrons. The number of fused-ring (bicyclic) bond motifs is 6. The quantitative estimate of drug-likeness (QED) is 0.448. The number of nitrogens with two attached hydrogens (primary N) is 1. The summed E-state index contributed by atoms with van der Waals surface area (Å²) in [6.45, 7) is -0.357. The van der Waals surface area contributed by atoms with Crippen molar-refractivity contribution in [3.05, 3.63) is 81.5 Å². The minimum atomic E-state index is -2.07. The normalized spacial score (nSPS) is 18.5. The topological polar surface area (TPSA) is 138 Å². The average molecular weight is 462 g/mol. The third-order valence-electron chi connectivity index (χ3n) is 6.07. The molecule has 0 saturated heterocycles. The lowest BCUT2D eigenvalue weighted by Gasteiger charge is -2.39. The molecule has 34 heavy (non-hydrogen) atoms. The summed E-state index contributed by atoms with van der Waals surface area (Å²) in [5.74, 6) is -2.81. The first-order valence-electron chi connectivity index (χ1n) is 10.2. The van der Waals surface area contributed by atoms with Gasteiger partial charge < -0.3 is 29.3 Å². The molecule has 1 unspecified atom stereocenters. The van der Waals surface area contributed by atoms with E-state index in [1.165, 1.54) is 12.0 Å².